The number of aliphatic hydroxyl groups is 1. The molecule has 0 fully saturated rings. The molecule has 1 atom stereocenters. The summed E-state index contributed by atoms with van der Waals surface area (Å²) in [7, 11) is 0. The maximum absolute atomic E-state index is 11.3. The summed E-state index contributed by atoms with van der Waals surface area (Å²) in [6, 6.07) is 11.5. The van der Waals surface area contributed by atoms with Gasteiger partial charge in [0.05, 0.1) is 17.2 Å². The molecule has 3 aromatic rings. The van der Waals surface area contributed by atoms with Gasteiger partial charge in [-0.3, -0.25) is 0 Å². The quantitative estimate of drug-likeness (QED) is 0.493. The van der Waals surface area contributed by atoms with Gasteiger partial charge in [-0.05, 0) is 60.6 Å². The van der Waals surface area contributed by atoms with Gasteiger partial charge in [-0.15, -0.1) is 0 Å². The van der Waals surface area contributed by atoms with Crippen LogP contribution in [0.15, 0.2) is 72.7 Å². The van der Waals surface area contributed by atoms with Gasteiger partial charge in [-0.1, -0.05) is 66.1 Å². The molecule has 3 aromatic carbocycles. The second-order valence-electron chi connectivity index (χ2n) is 6.47. The highest BCUT2D eigenvalue weighted by atomic mass is 16.4. The molecule has 0 amide bonds. The van der Waals surface area contributed by atoms with Crippen molar-refractivity contribution in [2.75, 3.05) is 13.0 Å². The maximum atomic E-state index is 11.3. The average molecular weight is 398 g/mol. The molecule has 3 N–H and O–H groups in total. The molecular weight excluding hydrogens is 362 g/mol. The molecule has 0 unspecified atom stereocenters. The Kier molecular flexibility index (Phi) is 4.34. The standard InChI is InChI=1S/C25H27NO3/c1-18-6-2-11-22(14-18)24(27)17-26-13-5-8-19-7-3-9-20(15-19)21-10-4-12-23(16-21)25(28)29/h2-4,6-7,9-12,14-16,24,26-27H,5,8,13,17H2,1H3,(H,28,29)/t24-/m0/s1/i2D,6D,11D,13D2,14D,17D2. The molecule has 0 aromatic heterocycles. The summed E-state index contributed by atoms with van der Waals surface area (Å²) in [6.07, 6.45) is -2.13. The molecule has 150 valence electrons. The van der Waals surface area contributed by atoms with Gasteiger partial charge in [-0.2, -0.15) is 0 Å². The Balaban J connectivity index is 1.77. The van der Waals surface area contributed by atoms with Crippen LogP contribution in [-0.4, -0.2) is 29.2 Å². The highest BCUT2D eigenvalue weighted by molar-refractivity contribution is 5.89. The lowest BCUT2D eigenvalue weighted by Crippen LogP contribution is -2.22. The molecule has 4 nitrogen and oxygen atoms in total. The molecule has 0 spiro atoms. The Labute approximate surface area is 183 Å². The van der Waals surface area contributed by atoms with E-state index in [1.54, 1.807) is 36.4 Å². The molecule has 0 aliphatic heterocycles. The van der Waals surface area contributed by atoms with Crippen molar-refractivity contribution >= 4 is 5.97 Å². The SMILES string of the molecule is [2H]c1c([2H])c(C)c([2H])c([C@@H](O)C([2H])([2H])NC([2H])([2H])CCc2cccc(-c3cccc(C(=O)O)c3)c2)c1[2H]. The zero-order valence-corrected chi connectivity index (χ0v) is 15.9. The van der Waals surface area contributed by atoms with E-state index in [-0.39, 0.29) is 30.0 Å². The summed E-state index contributed by atoms with van der Waals surface area (Å²) < 4.78 is 64.9. The van der Waals surface area contributed by atoms with Gasteiger partial charge in [0, 0.05) is 12.0 Å². The number of aliphatic hydroxyl groups excluding tert-OH is 1. The number of nitrogens with one attached hydrogen (secondary N) is 1. The molecular formula is C25H27NO3. The number of benzene rings is 3. The van der Waals surface area contributed by atoms with E-state index in [1.807, 2.05) is 0 Å². The van der Waals surface area contributed by atoms with Crippen LogP contribution in [0.3, 0.4) is 0 Å². The van der Waals surface area contributed by atoms with Gasteiger partial charge in [0.2, 0.25) is 0 Å². The smallest absolute Gasteiger partial charge is 0.335 e. The van der Waals surface area contributed by atoms with Gasteiger partial charge >= 0.3 is 5.97 Å². The van der Waals surface area contributed by atoms with E-state index in [0.29, 0.717) is 5.56 Å². The van der Waals surface area contributed by atoms with E-state index in [2.05, 4.69) is 5.32 Å². The average Bonchev–Trinajstić information content (AvgIpc) is 2.85. The first-order valence-electron chi connectivity index (χ1n) is 13.1. The lowest BCUT2D eigenvalue weighted by molar-refractivity contribution is 0.0697. The highest BCUT2D eigenvalue weighted by Gasteiger charge is 2.07. The molecule has 29 heavy (non-hydrogen) atoms. The Bertz CT molecular complexity index is 1300. The monoisotopic (exact) mass is 397 g/mol. The Hall–Kier alpha value is -2.95. The number of carboxylic acids is 1. The Morgan fingerprint density at radius 2 is 1.93 bits per heavy atom. The molecule has 0 bridgehead atoms. The highest BCUT2D eigenvalue weighted by Crippen LogP contribution is 2.22. The number of hydrogen-bond acceptors (Lipinski definition) is 3. The van der Waals surface area contributed by atoms with E-state index < -0.39 is 48.8 Å². The lowest BCUT2D eigenvalue weighted by atomic mass is 9.99. The predicted molar refractivity (Wildman–Crippen MR) is 116 cm³/mol. The number of carboxylic acid groups (broad SMARTS) is 1. The van der Waals surface area contributed by atoms with Gasteiger partial charge in [0.15, 0.2) is 0 Å². The number of hydrogen-bond donors (Lipinski definition) is 3. The van der Waals surface area contributed by atoms with Crippen molar-refractivity contribution in [2.45, 2.75) is 25.9 Å². The Morgan fingerprint density at radius 1 is 1.17 bits per heavy atom. The van der Waals surface area contributed by atoms with Gasteiger partial charge in [-0.25, -0.2) is 4.79 Å². The summed E-state index contributed by atoms with van der Waals surface area (Å²) in [4.78, 5) is 11.3. The fraction of sp³-hybridized carbons (Fsp3) is 0.240. The third kappa shape index (κ3) is 6.01. The minimum atomic E-state index is -2.79. The summed E-state index contributed by atoms with van der Waals surface area (Å²) in [5.41, 5.74) is 1.83. The van der Waals surface area contributed by atoms with E-state index >= 15 is 0 Å². The van der Waals surface area contributed by atoms with Crippen LogP contribution in [0.1, 0.15) is 50.5 Å². The molecule has 0 aliphatic carbocycles. The zero-order chi connectivity index (χ0) is 27.7. The third-order valence-electron chi connectivity index (χ3n) is 4.25. The molecule has 0 radical (unpaired) electrons. The van der Waals surface area contributed by atoms with Gasteiger partial charge in [0.1, 0.15) is 0 Å². The van der Waals surface area contributed by atoms with Crippen LogP contribution in [-0.2, 0) is 6.42 Å². The number of carbonyl (C=O) groups is 1. The number of rotatable bonds is 9. The molecule has 4 heteroatoms. The lowest BCUT2D eigenvalue weighted by Gasteiger charge is -2.13. The first-order chi connectivity index (χ1) is 17.1. The minimum absolute atomic E-state index is 0.0163. The van der Waals surface area contributed by atoms with E-state index in [9.17, 15) is 15.0 Å². The van der Waals surface area contributed by atoms with Crippen LogP contribution in [0, 0.1) is 6.92 Å². The van der Waals surface area contributed by atoms with Crippen LogP contribution in [0.2, 0.25) is 0 Å². The normalized spacial score (nSPS) is 16.9. The summed E-state index contributed by atoms with van der Waals surface area (Å²) in [5, 5.41) is 22.1. The third-order valence-corrected chi connectivity index (χ3v) is 4.25. The van der Waals surface area contributed by atoms with Gasteiger partial charge < -0.3 is 15.5 Å². The minimum Gasteiger partial charge on any atom is -0.478 e. The Morgan fingerprint density at radius 3 is 2.72 bits per heavy atom. The molecule has 0 heterocycles. The first kappa shape index (κ1) is 12.6. The van der Waals surface area contributed by atoms with Crippen LogP contribution < -0.4 is 5.32 Å². The zero-order valence-electron chi connectivity index (χ0n) is 23.9. The summed E-state index contributed by atoms with van der Waals surface area (Å²) >= 11 is 0. The van der Waals surface area contributed by atoms with Crippen molar-refractivity contribution in [3.8, 4) is 11.1 Å². The second kappa shape index (κ2) is 10.0. The summed E-state index contributed by atoms with van der Waals surface area (Å²) in [6.45, 7) is -3.73. The number of aryl methyl sites for hydroxylation is 1. The van der Waals surface area contributed by atoms with Crippen LogP contribution in [0.4, 0.5) is 0 Å². The first-order valence-corrected chi connectivity index (χ1v) is 9.11. The van der Waals surface area contributed by atoms with E-state index in [1.165, 1.54) is 19.1 Å². The molecule has 0 aliphatic rings. The molecule has 0 saturated heterocycles. The largest absolute Gasteiger partial charge is 0.478 e. The van der Waals surface area contributed by atoms with E-state index in [0.717, 1.165) is 11.1 Å². The van der Waals surface area contributed by atoms with Crippen LogP contribution in [0.25, 0.3) is 11.1 Å². The van der Waals surface area contributed by atoms with Crippen molar-refractivity contribution in [2.24, 2.45) is 0 Å². The summed E-state index contributed by atoms with van der Waals surface area (Å²) in [5.74, 6) is -1.05. The fourth-order valence-electron chi connectivity index (χ4n) is 2.79. The van der Waals surface area contributed by atoms with Crippen LogP contribution in [0.5, 0.6) is 0 Å². The second-order valence-corrected chi connectivity index (χ2v) is 6.47. The van der Waals surface area contributed by atoms with E-state index in [4.69, 9.17) is 11.0 Å². The van der Waals surface area contributed by atoms with Crippen molar-refractivity contribution in [3.63, 3.8) is 0 Å². The predicted octanol–water partition coefficient (Wildman–Crippen LogP) is 4.62. The van der Waals surface area contributed by atoms with Crippen molar-refractivity contribution < 1.29 is 26.0 Å². The van der Waals surface area contributed by atoms with Gasteiger partial charge in [0.25, 0.3) is 0 Å². The van der Waals surface area contributed by atoms with Crippen molar-refractivity contribution in [1.29, 1.82) is 0 Å². The topological polar surface area (TPSA) is 69.6 Å². The molecule has 3 rings (SSSR count). The van der Waals surface area contributed by atoms with Crippen molar-refractivity contribution in [3.05, 3.63) is 95.0 Å². The van der Waals surface area contributed by atoms with Crippen LogP contribution >= 0.6 is 0 Å². The number of aromatic carboxylic acids is 1. The molecule has 0 saturated carbocycles. The maximum Gasteiger partial charge on any atom is 0.335 e. The van der Waals surface area contributed by atoms with Crippen molar-refractivity contribution in [1.82, 2.24) is 5.32 Å². The fourth-order valence-corrected chi connectivity index (χ4v) is 2.79.